The average molecular weight is 493 g/mol. The zero-order valence-electron chi connectivity index (χ0n) is 18.9. The lowest BCUT2D eigenvalue weighted by molar-refractivity contribution is -0.118. The maximum absolute atomic E-state index is 13.3. The highest BCUT2D eigenvalue weighted by molar-refractivity contribution is 7.92. The summed E-state index contributed by atoms with van der Waals surface area (Å²) in [6.07, 6.45) is 7.63. The van der Waals surface area contributed by atoms with Gasteiger partial charge in [0.15, 0.2) is 15.0 Å². The summed E-state index contributed by atoms with van der Waals surface area (Å²) in [5.74, 6) is -0.151. The molecule has 2 aliphatic carbocycles. The quantitative estimate of drug-likeness (QED) is 0.488. The summed E-state index contributed by atoms with van der Waals surface area (Å²) >= 11 is 1.20. The van der Waals surface area contributed by atoms with Crippen LogP contribution in [0, 0.1) is 5.92 Å². The van der Waals surface area contributed by atoms with Crippen LogP contribution in [0.5, 0.6) is 0 Å². The van der Waals surface area contributed by atoms with Gasteiger partial charge in [-0.05, 0) is 49.8 Å². The zero-order valence-corrected chi connectivity index (χ0v) is 20.5. The Morgan fingerprint density at radius 2 is 1.85 bits per heavy atom. The van der Waals surface area contributed by atoms with E-state index in [9.17, 15) is 23.4 Å². The highest BCUT2D eigenvalue weighted by Crippen LogP contribution is 2.37. The summed E-state index contributed by atoms with van der Waals surface area (Å²) in [7, 11) is -3.30. The first-order chi connectivity index (χ1) is 15.7. The van der Waals surface area contributed by atoms with Gasteiger partial charge in [-0.15, -0.1) is 11.3 Å². The molecular formula is C24H32N2O5S2. The number of nitrogens with one attached hydrogen (secondary N) is 1. The van der Waals surface area contributed by atoms with Crippen LogP contribution in [0.25, 0.3) is 0 Å². The topological polar surface area (TPSA) is 117 Å². The van der Waals surface area contributed by atoms with Crippen LogP contribution >= 0.6 is 11.3 Å². The lowest BCUT2D eigenvalue weighted by atomic mass is 9.87. The molecule has 0 saturated heterocycles. The van der Waals surface area contributed by atoms with Crippen molar-refractivity contribution in [2.75, 3.05) is 11.9 Å². The van der Waals surface area contributed by atoms with Crippen molar-refractivity contribution in [3.8, 4) is 0 Å². The standard InChI is InChI=1S/C24H32N2O5S2/c1-24(29,15-27)21-14-32-23(25-21)26-22(28)20(13-16-5-2-3-6-16)17-9-11-19(12-10-17)33(30,31)18-7-4-8-18/h9-12,14,16,18,20,27,29H,2-8,13,15H2,1H3,(H,25,26,28)/t20-,24?/m0/s1. The largest absolute Gasteiger partial charge is 0.393 e. The number of thiazole rings is 1. The van der Waals surface area contributed by atoms with E-state index in [1.54, 1.807) is 29.6 Å². The van der Waals surface area contributed by atoms with Crippen molar-refractivity contribution in [3.63, 3.8) is 0 Å². The Morgan fingerprint density at radius 3 is 2.42 bits per heavy atom. The van der Waals surface area contributed by atoms with E-state index in [0.717, 1.165) is 37.7 Å². The van der Waals surface area contributed by atoms with Crippen LogP contribution in [0.2, 0.25) is 0 Å². The molecule has 0 bridgehead atoms. The number of amides is 1. The third kappa shape index (κ3) is 5.31. The molecule has 4 rings (SSSR count). The third-order valence-electron chi connectivity index (χ3n) is 7.06. The van der Waals surface area contributed by atoms with Crippen molar-refractivity contribution in [2.24, 2.45) is 5.92 Å². The first-order valence-corrected chi connectivity index (χ1v) is 14.1. The lowest BCUT2D eigenvalue weighted by Crippen LogP contribution is -2.28. The molecule has 2 fully saturated rings. The summed E-state index contributed by atoms with van der Waals surface area (Å²) in [4.78, 5) is 17.9. The van der Waals surface area contributed by atoms with E-state index in [2.05, 4.69) is 10.3 Å². The molecule has 1 aromatic heterocycles. The van der Waals surface area contributed by atoms with Crippen LogP contribution < -0.4 is 5.32 Å². The first kappa shape index (κ1) is 24.3. The molecule has 33 heavy (non-hydrogen) atoms. The van der Waals surface area contributed by atoms with Gasteiger partial charge < -0.3 is 15.5 Å². The normalized spacial score (nSPS) is 20.2. The molecule has 3 N–H and O–H groups in total. The van der Waals surface area contributed by atoms with E-state index in [1.807, 2.05) is 0 Å². The molecule has 7 nitrogen and oxygen atoms in total. The van der Waals surface area contributed by atoms with Gasteiger partial charge in [-0.3, -0.25) is 4.79 Å². The molecule has 0 radical (unpaired) electrons. The molecule has 2 aliphatic rings. The molecule has 1 unspecified atom stereocenters. The Hall–Kier alpha value is -1.81. The van der Waals surface area contributed by atoms with Gasteiger partial charge in [0.25, 0.3) is 0 Å². The zero-order chi connectivity index (χ0) is 23.6. The highest BCUT2D eigenvalue weighted by atomic mass is 32.2. The third-order valence-corrected chi connectivity index (χ3v) is 10.1. The van der Waals surface area contributed by atoms with E-state index >= 15 is 0 Å². The number of rotatable bonds is 9. The number of hydrogen-bond acceptors (Lipinski definition) is 7. The fourth-order valence-corrected chi connectivity index (χ4v) is 7.28. The monoisotopic (exact) mass is 492 g/mol. The van der Waals surface area contributed by atoms with Crippen LogP contribution in [-0.2, 0) is 20.2 Å². The van der Waals surface area contributed by atoms with Gasteiger partial charge >= 0.3 is 0 Å². The Bertz CT molecular complexity index is 1070. The first-order valence-electron chi connectivity index (χ1n) is 11.6. The smallest absolute Gasteiger partial charge is 0.233 e. The Labute approximate surface area is 199 Å². The second-order valence-electron chi connectivity index (χ2n) is 9.56. The molecule has 1 amide bonds. The number of aliphatic hydroxyl groups excluding tert-OH is 1. The molecule has 0 aliphatic heterocycles. The van der Waals surface area contributed by atoms with Crippen molar-refractivity contribution in [1.29, 1.82) is 0 Å². The van der Waals surface area contributed by atoms with Gasteiger partial charge in [0.1, 0.15) is 5.60 Å². The van der Waals surface area contributed by atoms with Gasteiger partial charge in [0.2, 0.25) is 5.91 Å². The number of nitrogens with zero attached hydrogens (tertiary/aromatic N) is 1. The summed E-state index contributed by atoms with van der Waals surface area (Å²) in [6, 6.07) is 6.82. The fraction of sp³-hybridized carbons (Fsp3) is 0.583. The number of anilines is 1. The molecule has 0 spiro atoms. The Kier molecular flexibility index (Phi) is 7.23. The SMILES string of the molecule is CC(O)(CO)c1csc(NC(=O)[C@@H](CC2CCCC2)c2ccc(S(=O)(=O)C3CCC3)cc2)n1. The maximum Gasteiger partial charge on any atom is 0.233 e. The summed E-state index contributed by atoms with van der Waals surface area (Å²) in [5.41, 5.74) is -0.362. The van der Waals surface area contributed by atoms with Crippen LogP contribution in [0.15, 0.2) is 34.5 Å². The molecule has 2 aromatic rings. The van der Waals surface area contributed by atoms with Gasteiger partial charge in [0, 0.05) is 5.38 Å². The number of hydrogen-bond donors (Lipinski definition) is 3. The molecule has 1 aromatic carbocycles. The number of benzene rings is 1. The summed E-state index contributed by atoms with van der Waals surface area (Å²) in [5, 5.41) is 24.1. The molecule has 2 saturated carbocycles. The van der Waals surface area contributed by atoms with E-state index in [-0.39, 0.29) is 11.2 Å². The molecule has 1 heterocycles. The van der Waals surface area contributed by atoms with Crippen molar-refractivity contribution in [3.05, 3.63) is 40.9 Å². The number of aromatic nitrogens is 1. The van der Waals surface area contributed by atoms with E-state index in [0.29, 0.717) is 28.1 Å². The maximum atomic E-state index is 13.3. The predicted molar refractivity (Wildman–Crippen MR) is 128 cm³/mol. The summed E-state index contributed by atoms with van der Waals surface area (Å²) < 4.78 is 25.5. The average Bonchev–Trinajstić information content (AvgIpc) is 3.43. The minimum atomic E-state index is -3.30. The summed E-state index contributed by atoms with van der Waals surface area (Å²) in [6.45, 7) is 1.00. The van der Waals surface area contributed by atoms with Gasteiger partial charge in [-0.25, -0.2) is 13.4 Å². The second-order valence-corrected chi connectivity index (χ2v) is 12.7. The minimum absolute atomic E-state index is 0.193. The van der Waals surface area contributed by atoms with Crippen LogP contribution in [0.1, 0.15) is 75.5 Å². The van der Waals surface area contributed by atoms with Crippen molar-refractivity contribution in [1.82, 2.24) is 4.98 Å². The number of carbonyl (C=O) groups excluding carboxylic acids is 1. The number of carbonyl (C=O) groups is 1. The lowest BCUT2D eigenvalue weighted by Gasteiger charge is -2.25. The molecule has 180 valence electrons. The minimum Gasteiger partial charge on any atom is -0.393 e. The molecule has 9 heteroatoms. The van der Waals surface area contributed by atoms with Crippen LogP contribution in [-0.4, -0.2) is 41.4 Å². The number of sulfone groups is 1. The van der Waals surface area contributed by atoms with E-state index < -0.39 is 28.0 Å². The Balaban J connectivity index is 1.54. The van der Waals surface area contributed by atoms with Gasteiger partial charge in [0.05, 0.1) is 28.4 Å². The van der Waals surface area contributed by atoms with Crippen molar-refractivity contribution >= 4 is 32.2 Å². The van der Waals surface area contributed by atoms with Gasteiger partial charge in [-0.2, -0.15) is 0 Å². The highest BCUT2D eigenvalue weighted by Gasteiger charge is 2.33. The van der Waals surface area contributed by atoms with Crippen LogP contribution in [0.3, 0.4) is 0 Å². The second kappa shape index (κ2) is 9.82. The van der Waals surface area contributed by atoms with Crippen molar-refractivity contribution in [2.45, 2.75) is 80.0 Å². The van der Waals surface area contributed by atoms with E-state index in [1.165, 1.54) is 31.1 Å². The molecule has 2 atom stereocenters. The van der Waals surface area contributed by atoms with Crippen molar-refractivity contribution < 1.29 is 23.4 Å². The molecular weight excluding hydrogens is 460 g/mol. The van der Waals surface area contributed by atoms with E-state index in [4.69, 9.17) is 0 Å². The van der Waals surface area contributed by atoms with Crippen LogP contribution in [0.4, 0.5) is 5.13 Å². The number of aliphatic hydroxyl groups is 2. The Morgan fingerprint density at radius 1 is 1.18 bits per heavy atom. The van der Waals surface area contributed by atoms with Gasteiger partial charge in [-0.1, -0.05) is 44.2 Å². The fourth-order valence-electron chi connectivity index (χ4n) is 4.59. The predicted octanol–water partition coefficient (Wildman–Crippen LogP) is 3.97.